The molecule has 0 atom stereocenters. The lowest BCUT2D eigenvalue weighted by Gasteiger charge is -2.18. The molecule has 5 heteroatoms. The van der Waals surface area contributed by atoms with Crippen LogP contribution in [0.15, 0.2) is 42.5 Å². The van der Waals surface area contributed by atoms with Crippen molar-refractivity contribution in [2.75, 3.05) is 11.9 Å². The molecule has 0 unspecified atom stereocenters. The van der Waals surface area contributed by atoms with Crippen LogP contribution < -0.4 is 15.4 Å². The summed E-state index contributed by atoms with van der Waals surface area (Å²) >= 11 is 0. The standard InChI is InChI=1S/C19H20N2O3/c1-13-3-2-4-15(9-13)11-20-18(22)8-6-14-5-7-17-16(10-14)21-19(23)12-24-17/h2-5,7,9-10H,6,8,11-12H2,1H3,(H,20,22)(H,21,23). The average molecular weight is 324 g/mol. The van der Waals surface area contributed by atoms with Crippen LogP contribution >= 0.6 is 0 Å². The first-order valence-corrected chi connectivity index (χ1v) is 7.98. The van der Waals surface area contributed by atoms with E-state index in [2.05, 4.69) is 16.7 Å². The van der Waals surface area contributed by atoms with Crippen molar-refractivity contribution in [2.24, 2.45) is 0 Å². The molecule has 0 fully saturated rings. The number of rotatable bonds is 5. The van der Waals surface area contributed by atoms with Gasteiger partial charge in [0, 0.05) is 13.0 Å². The molecule has 1 aliphatic rings. The second kappa shape index (κ2) is 7.17. The molecule has 1 heterocycles. The van der Waals surface area contributed by atoms with E-state index >= 15 is 0 Å². The topological polar surface area (TPSA) is 67.4 Å². The zero-order chi connectivity index (χ0) is 16.9. The molecule has 0 aromatic heterocycles. The van der Waals surface area contributed by atoms with Crippen molar-refractivity contribution in [3.8, 4) is 5.75 Å². The van der Waals surface area contributed by atoms with Crippen LogP contribution in [0.3, 0.4) is 0 Å². The molecule has 0 aliphatic carbocycles. The molecule has 1 aliphatic heterocycles. The maximum atomic E-state index is 12.0. The van der Waals surface area contributed by atoms with Crippen LogP contribution in [0.4, 0.5) is 5.69 Å². The van der Waals surface area contributed by atoms with E-state index in [1.807, 2.05) is 43.3 Å². The van der Waals surface area contributed by atoms with Gasteiger partial charge < -0.3 is 15.4 Å². The molecule has 0 saturated heterocycles. The van der Waals surface area contributed by atoms with Gasteiger partial charge in [-0.25, -0.2) is 0 Å². The predicted molar refractivity (Wildman–Crippen MR) is 91.9 cm³/mol. The Morgan fingerprint density at radius 2 is 2.08 bits per heavy atom. The Balaban J connectivity index is 1.51. The lowest BCUT2D eigenvalue weighted by molar-refractivity contribution is -0.121. The van der Waals surface area contributed by atoms with Crippen molar-refractivity contribution < 1.29 is 14.3 Å². The first-order valence-electron chi connectivity index (χ1n) is 7.98. The molecule has 124 valence electrons. The minimum atomic E-state index is -0.157. The summed E-state index contributed by atoms with van der Waals surface area (Å²) < 4.78 is 5.32. The largest absolute Gasteiger partial charge is 0.482 e. The van der Waals surface area contributed by atoms with Gasteiger partial charge in [-0.3, -0.25) is 9.59 Å². The first kappa shape index (κ1) is 16.1. The lowest BCUT2D eigenvalue weighted by Crippen LogP contribution is -2.25. The number of ether oxygens (including phenoxy) is 1. The van der Waals surface area contributed by atoms with Crippen LogP contribution in [0.2, 0.25) is 0 Å². The molecule has 0 spiro atoms. The molecule has 24 heavy (non-hydrogen) atoms. The summed E-state index contributed by atoms with van der Waals surface area (Å²) in [6, 6.07) is 13.7. The van der Waals surface area contributed by atoms with Gasteiger partial charge in [0.05, 0.1) is 5.69 Å². The minimum Gasteiger partial charge on any atom is -0.482 e. The Bertz CT molecular complexity index is 771. The highest BCUT2D eigenvalue weighted by atomic mass is 16.5. The summed E-state index contributed by atoms with van der Waals surface area (Å²) in [6.07, 6.45) is 1.02. The normalized spacial score (nSPS) is 12.8. The maximum Gasteiger partial charge on any atom is 0.262 e. The molecule has 2 N–H and O–H groups in total. The van der Waals surface area contributed by atoms with Crippen molar-refractivity contribution in [2.45, 2.75) is 26.3 Å². The van der Waals surface area contributed by atoms with Gasteiger partial charge in [-0.15, -0.1) is 0 Å². The van der Waals surface area contributed by atoms with E-state index < -0.39 is 0 Å². The summed E-state index contributed by atoms with van der Waals surface area (Å²) in [7, 11) is 0. The van der Waals surface area contributed by atoms with Crippen molar-refractivity contribution in [1.29, 1.82) is 0 Å². The fourth-order valence-electron chi connectivity index (χ4n) is 2.65. The van der Waals surface area contributed by atoms with Crippen LogP contribution in [0.25, 0.3) is 0 Å². The Morgan fingerprint density at radius 3 is 2.92 bits per heavy atom. The number of amides is 2. The van der Waals surface area contributed by atoms with Gasteiger partial charge in [0.2, 0.25) is 5.91 Å². The molecule has 2 aromatic carbocycles. The number of benzene rings is 2. The van der Waals surface area contributed by atoms with E-state index in [0.717, 1.165) is 11.1 Å². The third-order valence-electron chi connectivity index (χ3n) is 3.89. The Labute approximate surface area is 141 Å². The molecule has 5 nitrogen and oxygen atoms in total. The highest BCUT2D eigenvalue weighted by molar-refractivity contribution is 5.95. The number of fused-ring (bicyclic) bond motifs is 1. The lowest BCUT2D eigenvalue weighted by atomic mass is 10.1. The molecule has 0 radical (unpaired) electrons. The SMILES string of the molecule is Cc1cccc(CNC(=O)CCc2ccc3c(c2)NC(=O)CO3)c1. The quantitative estimate of drug-likeness (QED) is 0.888. The molecular formula is C19H20N2O3. The highest BCUT2D eigenvalue weighted by Crippen LogP contribution is 2.28. The van der Waals surface area contributed by atoms with Gasteiger partial charge in [-0.1, -0.05) is 35.9 Å². The third kappa shape index (κ3) is 4.13. The fraction of sp³-hybridized carbons (Fsp3) is 0.263. The number of anilines is 1. The van der Waals surface area contributed by atoms with Gasteiger partial charge in [0.1, 0.15) is 5.75 Å². The van der Waals surface area contributed by atoms with Crippen molar-refractivity contribution >= 4 is 17.5 Å². The average Bonchev–Trinajstić information content (AvgIpc) is 2.58. The number of hydrogen-bond acceptors (Lipinski definition) is 3. The van der Waals surface area contributed by atoms with Gasteiger partial charge in [0.25, 0.3) is 5.91 Å². The van der Waals surface area contributed by atoms with E-state index in [4.69, 9.17) is 4.74 Å². The number of carbonyl (C=O) groups is 2. The van der Waals surface area contributed by atoms with Crippen molar-refractivity contribution in [3.63, 3.8) is 0 Å². The number of carbonyl (C=O) groups excluding carboxylic acids is 2. The number of hydrogen-bond donors (Lipinski definition) is 2. The van der Waals surface area contributed by atoms with Gasteiger partial charge in [-0.2, -0.15) is 0 Å². The van der Waals surface area contributed by atoms with E-state index in [-0.39, 0.29) is 18.4 Å². The summed E-state index contributed by atoms with van der Waals surface area (Å²) in [6.45, 7) is 2.62. The summed E-state index contributed by atoms with van der Waals surface area (Å²) in [4.78, 5) is 23.4. The van der Waals surface area contributed by atoms with Crippen molar-refractivity contribution in [3.05, 3.63) is 59.2 Å². The zero-order valence-corrected chi connectivity index (χ0v) is 13.6. The van der Waals surface area contributed by atoms with E-state index in [1.165, 1.54) is 5.56 Å². The van der Waals surface area contributed by atoms with Gasteiger partial charge in [0.15, 0.2) is 6.61 Å². The van der Waals surface area contributed by atoms with E-state index in [0.29, 0.717) is 30.8 Å². The second-order valence-electron chi connectivity index (χ2n) is 5.93. The summed E-state index contributed by atoms with van der Waals surface area (Å²) in [5.74, 6) is 0.521. The Kier molecular flexibility index (Phi) is 4.79. The smallest absolute Gasteiger partial charge is 0.262 e. The monoisotopic (exact) mass is 324 g/mol. The molecule has 0 saturated carbocycles. The number of aryl methyl sites for hydroxylation is 2. The highest BCUT2D eigenvalue weighted by Gasteiger charge is 2.16. The third-order valence-corrected chi connectivity index (χ3v) is 3.89. The maximum absolute atomic E-state index is 12.0. The molecule has 0 bridgehead atoms. The fourth-order valence-corrected chi connectivity index (χ4v) is 2.65. The Morgan fingerprint density at radius 1 is 1.21 bits per heavy atom. The Hall–Kier alpha value is -2.82. The number of nitrogens with one attached hydrogen (secondary N) is 2. The van der Waals surface area contributed by atoms with E-state index in [1.54, 1.807) is 0 Å². The van der Waals surface area contributed by atoms with Crippen LogP contribution in [0, 0.1) is 6.92 Å². The van der Waals surface area contributed by atoms with E-state index in [9.17, 15) is 9.59 Å². The van der Waals surface area contributed by atoms with Crippen LogP contribution in [0.5, 0.6) is 5.75 Å². The van der Waals surface area contributed by atoms with Gasteiger partial charge >= 0.3 is 0 Å². The summed E-state index contributed by atoms with van der Waals surface area (Å²) in [5.41, 5.74) is 3.94. The predicted octanol–water partition coefficient (Wildman–Crippen LogP) is 2.57. The molecular weight excluding hydrogens is 304 g/mol. The van der Waals surface area contributed by atoms with Crippen LogP contribution in [-0.2, 0) is 22.6 Å². The van der Waals surface area contributed by atoms with Crippen LogP contribution in [0.1, 0.15) is 23.1 Å². The van der Waals surface area contributed by atoms with Crippen LogP contribution in [-0.4, -0.2) is 18.4 Å². The second-order valence-corrected chi connectivity index (χ2v) is 5.93. The van der Waals surface area contributed by atoms with Gasteiger partial charge in [-0.05, 0) is 36.6 Å². The molecule has 2 amide bonds. The van der Waals surface area contributed by atoms with Crippen molar-refractivity contribution in [1.82, 2.24) is 5.32 Å². The first-order chi connectivity index (χ1) is 11.6. The minimum absolute atomic E-state index is 0.00881. The molecule has 2 aromatic rings. The zero-order valence-electron chi connectivity index (χ0n) is 13.6. The summed E-state index contributed by atoms with van der Waals surface area (Å²) in [5, 5.41) is 5.71. The molecule has 3 rings (SSSR count).